The van der Waals surface area contributed by atoms with Crippen molar-refractivity contribution in [2.75, 3.05) is 13.1 Å². The van der Waals surface area contributed by atoms with Crippen LogP contribution in [0.1, 0.15) is 25.7 Å². The van der Waals surface area contributed by atoms with Crippen LogP contribution in [-0.2, 0) is 4.79 Å². The third kappa shape index (κ3) is 3.77. The molecule has 0 aliphatic heterocycles. The Morgan fingerprint density at radius 1 is 1.00 bits per heavy atom. The molecule has 0 heterocycles. The summed E-state index contributed by atoms with van der Waals surface area (Å²) >= 11 is 0. The van der Waals surface area contributed by atoms with Crippen LogP contribution in [0.5, 0.6) is 0 Å². The molecule has 2 aliphatic rings. The minimum atomic E-state index is -0.127. The number of carbonyl (C=O) groups is 2. The van der Waals surface area contributed by atoms with Crippen LogP contribution in [0.2, 0.25) is 0 Å². The molecular formula is C10H17N3O2. The molecule has 2 fully saturated rings. The molecule has 0 unspecified atom stereocenters. The largest absolute Gasteiger partial charge is 0.354 e. The van der Waals surface area contributed by atoms with Gasteiger partial charge in [-0.15, -0.1) is 0 Å². The Kier molecular flexibility index (Phi) is 3.08. The van der Waals surface area contributed by atoms with E-state index in [9.17, 15) is 9.59 Å². The van der Waals surface area contributed by atoms with Crippen LogP contribution in [0.25, 0.3) is 0 Å². The van der Waals surface area contributed by atoms with Gasteiger partial charge in [-0.25, -0.2) is 4.79 Å². The van der Waals surface area contributed by atoms with E-state index in [2.05, 4.69) is 16.0 Å². The van der Waals surface area contributed by atoms with E-state index in [1.807, 2.05) is 0 Å². The summed E-state index contributed by atoms with van der Waals surface area (Å²) < 4.78 is 0. The zero-order valence-corrected chi connectivity index (χ0v) is 8.71. The molecular weight excluding hydrogens is 194 g/mol. The van der Waals surface area contributed by atoms with Crippen molar-refractivity contribution in [3.63, 3.8) is 0 Å². The van der Waals surface area contributed by atoms with Crippen LogP contribution in [0.4, 0.5) is 4.79 Å². The standard InChI is InChI=1S/C10H17N3O2/c14-9(7-1-2-7)11-5-6-12-10(15)13-8-3-4-8/h7-8H,1-6H2,(H,11,14)(H2,12,13,15). The van der Waals surface area contributed by atoms with Gasteiger partial charge in [-0.1, -0.05) is 0 Å². The summed E-state index contributed by atoms with van der Waals surface area (Å²) in [6.45, 7) is 1.02. The molecule has 2 rings (SSSR count). The van der Waals surface area contributed by atoms with E-state index in [0.29, 0.717) is 19.1 Å². The van der Waals surface area contributed by atoms with Gasteiger partial charge in [-0.2, -0.15) is 0 Å². The van der Waals surface area contributed by atoms with E-state index >= 15 is 0 Å². The predicted molar refractivity (Wildman–Crippen MR) is 55.3 cm³/mol. The molecule has 15 heavy (non-hydrogen) atoms. The molecule has 2 saturated carbocycles. The number of amides is 3. The van der Waals surface area contributed by atoms with Gasteiger partial charge in [-0.3, -0.25) is 4.79 Å². The van der Waals surface area contributed by atoms with Crippen molar-refractivity contribution in [2.24, 2.45) is 5.92 Å². The Balaban J connectivity index is 1.46. The molecule has 0 aromatic carbocycles. The van der Waals surface area contributed by atoms with Crippen molar-refractivity contribution in [2.45, 2.75) is 31.7 Å². The van der Waals surface area contributed by atoms with Gasteiger partial charge in [0, 0.05) is 25.0 Å². The second-order valence-electron chi connectivity index (χ2n) is 4.24. The van der Waals surface area contributed by atoms with Crippen LogP contribution in [-0.4, -0.2) is 31.1 Å². The van der Waals surface area contributed by atoms with E-state index in [0.717, 1.165) is 25.7 Å². The summed E-state index contributed by atoms with van der Waals surface area (Å²) in [5.74, 6) is 0.365. The third-order valence-electron chi connectivity index (χ3n) is 2.57. The smallest absolute Gasteiger partial charge is 0.315 e. The average Bonchev–Trinajstić information content (AvgIpc) is 3.00. The Morgan fingerprint density at radius 3 is 2.27 bits per heavy atom. The van der Waals surface area contributed by atoms with Gasteiger partial charge in [-0.05, 0) is 25.7 Å². The minimum absolute atomic E-state index is 0.124. The Labute approximate surface area is 89.0 Å². The van der Waals surface area contributed by atoms with Crippen LogP contribution in [0, 0.1) is 5.92 Å². The average molecular weight is 211 g/mol. The normalized spacial score (nSPS) is 19.5. The van der Waals surface area contributed by atoms with Crippen LogP contribution < -0.4 is 16.0 Å². The Hall–Kier alpha value is -1.26. The lowest BCUT2D eigenvalue weighted by Gasteiger charge is -2.07. The van der Waals surface area contributed by atoms with Crippen LogP contribution >= 0.6 is 0 Å². The van der Waals surface area contributed by atoms with Gasteiger partial charge < -0.3 is 16.0 Å². The Bertz CT molecular complexity index is 259. The maximum absolute atomic E-state index is 11.2. The Morgan fingerprint density at radius 2 is 1.67 bits per heavy atom. The summed E-state index contributed by atoms with van der Waals surface area (Å²) in [5, 5.41) is 8.31. The van der Waals surface area contributed by atoms with Crippen molar-refractivity contribution < 1.29 is 9.59 Å². The van der Waals surface area contributed by atoms with Gasteiger partial charge in [0.25, 0.3) is 0 Å². The molecule has 3 amide bonds. The topological polar surface area (TPSA) is 70.2 Å². The van der Waals surface area contributed by atoms with Crippen LogP contribution in [0.3, 0.4) is 0 Å². The maximum Gasteiger partial charge on any atom is 0.315 e. The highest BCUT2D eigenvalue weighted by molar-refractivity contribution is 5.80. The summed E-state index contributed by atoms with van der Waals surface area (Å²) in [5.41, 5.74) is 0. The second kappa shape index (κ2) is 4.51. The number of hydrogen-bond donors (Lipinski definition) is 3. The number of carbonyl (C=O) groups excluding carboxylic acids is 2. The monoisotopic (exact) mass is 211 g/mol. The molecule has 0 aromatic heterocycles. The van der Waals surface area contributed by atoms with Gasteiger partial charge in [0.2, 0.25) is 5.91 Å². The number of urea groups is 1. The first-order chi connectivity index (χ1) is 7.25. The molecule has 0 spiro atoms. The number of hydrogen-bond acceptors (Lipinski definition) is 2. The first kappa shape index (κ1) is 10.3. The van der Waals surface area contributed by atoms with Gasteiger partial charge in [0.15, 0.2) is 0 Å². The number of rotatable bonds is 5. The lowest BCUT2D eigenvalue weighted by Crippen LogP contribution is -2.41. The summed E-state index contributed by atoms with van der Waals surface area (Å²) in [7, 11) is 0. The van der Waals surface area contributed by atoms with Crippen molar-refractivity contribution in [3.05, 3.63) is 0 Å². The molecule has 2 aliphatic carbocycles. The minimum Gasteiger partial charge on any atom is -0.354 e. The van der Waals surface area contributed by atoms with E-state index in [1.54, 1.807) is 0 Å². The molecule has 84 valence electrons. The molecule has 5 heteroatoms. The second-order valence-corrected chi connectivity index (χ2v) is 4.24. The molecule has 0 saturated heterocycles. The fourth-order valence-electron chi connectivity index (χ4n) is 1.32. The van der Waals surface area contributed by atoms with Gasteiger partial charge in [0.1, 0.15) is 0 Å². The van der Waals surface area contributed by atoms with Crippen LogP contribution in [0.15, 0.2) is 0 Å². The third-order valence-corrected chi connectivity index (χ3v) is 2.57. The lowest BCUT2D eigenvalue weighted by molar-refractivity contribution is -0.122. The fourth-order valence-corrected chi connectivity index (χ4v) is 1.32. The summed E-state index contributed by atoms with van der Waals surface area (Å²) in [6, 6.07) is 0.254. The van der Waals surface area contributed by atoms with E-state index in [4.69, 9.17) is 0 Å². The highest BCUT2D eigenvalue weighted by atomic mass is 16.2. The van der Waals surface area contributed by atoms with Crippen molar-refractivity contribution in [3.8, 4) is 0 Å². The first-order valence-electron chi connectivity index (χ1n) is 5.58. The van der Waals surface area contributed by atoms with Crippen molar-refractivity contribution >= 4 is 11.9 Å². The molecule has 0 bridgehead atoms. The maximum atomic E-state index is 11.2. The van der Waals surface area contributed by atoms with Gasteiger partial charge >= 0.3 is 6.03 Å². The van der Waals surface area contributed by atoms with E-state index < -0.39 is 0 Å². The molecule has 0 aromatic rings. The summed E-state index contributed by atoms with van der Waals surface area (Å²) in [6.07, 6.45) is 4.21. The SMILES string of the molecule is O=C(NCCNC(=O)C1CC1)NC1CC1. The van der Waals surface area contributed by atoms with Crippen molar-refractivity contribution in [1.82, 2.24) is 16.0 Å². The number of nitrogens with one attached hydrogen (secondary N) is 3. The molecule has 0 radical (unpaired) electrons. The molecule has 0 atom stereocenters. The summed E-state index contributed by atoms with van der Waals surface area (Å²) in [4.78, 5) is 22.3. The van der Waals surface area contributed by atoms with E-state index in [-0.39, 0.29) is 17.9 Å². The quantitative estimate of drug-likeness (QED) is 0.559. The zero-order valence-electron chi connectivity index (χ0n) is 8.71. The highest BCUT2D eigenvalue weighted by Crippen LogP contribution is 2.28. The predicted octanol–water partition coefficient (Wildman–Crippen LogP) is -0.0258. The molecule has 5 nitrogen and oxygen atoms in total. The van der Waals surface area contributed by atoms with Gasteiger partial charge in [0.05, 0.1) is 0 Å². The lowest BCUT2D eigenvalue weighted by atomic mass is 10.4. The van der Waals surface area contributed by atoms with Crippen molar-refractivity contribution in [1.29, 1.82) is 0 Å². The van der Waals surface area contributed by atoms with E-state index in [1.165, 1.54) is 0 Å². The zero-order chi connectivity index (χ0) is 10.7. The fraction of sp³-hybridized carbons (Fsp3) is 0.800. The highest BCUT2D eigenvalue weighted by Gasteiger charge is 2.29. The molecule has 3 N–H and O–H groups in total. The first-order valence-corrected chi connectivity index (χ1v) is 5.58.